The van der Waals surface area contributed by atoms with Crippen molar-refractivity contribution >= 4 is 55.7 Å². The van der Waals surface area contributed by atoms with E-state index in [-0.39, 0.29) is 0 Å². The lowest BCUT2D eigenvalue weighted by Gasteiger charge is -2.46. The molecule has 1 aliphatic rings. The van der Waals surface area contributed by atoms with E-state index in [9.17, 15) is 0 Å². The quantitative estimate of drug-likeness (QED) is 0.358. The second-order valence-electron chi connectivity index (χ2n) is 8.49. The third-order valence-electron chi connectivity index (χ3n) is 5.51. The first-order chi connectivity index (χ1) is 14.5. The molecule has 1 rings (SSSR count). The predicted molar refractivity (Wildman–Crippen MR) is 140 cm³/mol. The molecule has 1 aliphatic heterocycles. The first-order valence-electron chi connectivity index (χ1n) is 12.3. The Morgan fingerprint density at radius 2 is 0.733 bits per heavy atom. The molecule has 0 aromatic rings. The Kier molecular flexibility index (Phi) is 15.3. The Balaban J connectivity index is 3.43. The molecule has 6 nitrogen and oxygen atoms in total. The average Bonchev–Trinajstić information content (AvgIpc) is 2.67. The highest BCUT2D eigenvalue weighted by Crippen LogP contribution is 2.37. The van der Waals surface area contributed by atoms with E-state index in [0.29, 0.717) is 0 Å². The summed E-state index contributed by atoms with van der Waals surface area (Å²) in [6.07, 6.45) is 6.54. The number of hydrogen-bond donors (Lipinski definition) is 0. The molecule has 0 radical (unpaired) electrons. The van der Waals surface area contributed by atoms with Gasteiger partial charge in [-0.15, -0.1) is 0 Å². The lowest BCUT2D eigenvalue weighted by molar-refractivity contribution is 0.253. The Morgan fingerprint density at radius 3 is 1.03 bits per heavy atom. The largest absolute Gasteiger partial charge is 0.425 e. The Hall–Kier alpha value is 1.06. The molecule has 12 heteroatoms. The van der Waals surface area contributed by atoms with Gasteiger partial charge in [0.1, 0.15) is 0 Å². The van der Waals surface area contributed by atoms with Crippen molar-refractivity contribution in [2.24, 2.45) is 0 Å². The summed E-state index contributed by atoms with van der Waals surface area (Å²) in [6.45, 7) is 13.5. The van der Waals surface area contributed by atoms with Gasteiger partial charge >= 0.3 is 25.7 Å². The highest BCUT2D eigenvalue weighted by Gasteiger charge is 2.52. The van der Waals surface area contributed by atoms with Crippen LogP contribution in [0.25, 0.3) is 0 Å². The molecule has 0 aliphatic carbocycles. The van der Waals surface area contributed by atoms with Gasteiger partial charge in [-0.3, -0.25) is 0 Å². The van der Waals surface area contributed by atoms with E-state index in [4.69, 9.17) is 24.7 Å². The minimum absolute atomic E-state index is 0.995. The van der Waals surface area contributed by atoms with Gasteiger partial charge in [0.15, 0.2) is 0 Å². The van der Waals surface area contributed by atoms with E-state index >= 15 is 0 Å². The fourth-order valence-electron chi connectivity index (χ4n) is 4.54. The maximum atomic E-state index is 7.34. The number of rotatable bonds is 12. The van der Waals surface area contributed by atoms with Crippen LogP contribution >= 0.6 is 0 Å². The Morgan fingerprint density at radius 1 is 0.433 bits per heavy atom. The van der Waals surface area contributed by atoms with Crippen LogP contribution in [0.3, 0.4) is 0 Å². The molecule has 0 aromatic heterocycles. The first-order valence-corrected chi connectivity index (χ1v) is 22.5. The van der Waals surface area contributed by atoms with E-state index in [1.54, 1.807) is 0 Å². The van der Waals surface area contributed by atoms with Gasteiger partial charge < -0.3 is 24.7 Å². The standard InChI is InChI=1S/C18H48O6Si6/c1-7-13-28(14-8-2)21-26-19-25-20-27-22-29(15-9-3,16-10-4)24-30(23-28,17-11-5)18-12-6/h7-18,25-27H2,1-6H3. The van der Waals surface area contributed by atoms with Crippen LogP contribution in [-0.2, 0) is 24.7 Å². The van der Waals surface area contributed by atoms with Crippen molar-refractivity contribution in [2.45, 2.75) is 116 Å². The minimum Gasteiger partial charge on any atom is -0.425 e. The van der Waals surface area contributed by atoms with Crippen LogP contribution in [0.4, 0.5) is 0 Å². The van der Waals surface area contributed by atoms with Crippen LogP contribution in [0.5, 0.6) is 0 Å². The van der Waals surface area contributed by atoms with Crippen molar-refractivity contribution in [3.05, 3.63) is 0 Å². The Labute approximate surface area is 196 Å². The lowest BCUT2D eigenvalue weighted by Crippen LogP contribution is -2.61. The zero-order valence-electron chi connectivity index (χ0n) is 20.6. The van der Waals surface area contributed by atoms with Gasteiger partial charge in [-0.05, 0) is 36.3 Å². The number of hydrogen-bond acceptors (Lipinski definition) is 6. The van der Waals surface area contributed by atoms with Crippen LogP contribution in [0.1, 0.15) is 80.1 Å². The topological polar surface area (TPSA) is 55.4 Å². The van der Waals surface area contributed by atoms with Crippen molar-refractivity contribution in [1.82, 2.24) is 0 Å². The summed E-state index contributed by atoms with van der Waals surface area (Å²) in [5, 5.41) is 0. The zero-order chi connectivity index (χ0) is 22.3. The predicted octanol–water partition coefficient (Wildman–Crippen LogP) is 3.88. The molecule has 1 heterocycles. The first kappa shape index (κ1) is 29.1. The maximum Gasteiger partial charge on any atom is 0.320 e. The van der Waals surface area contributed by atoms with E-state index in [1.165, 1.54) is 0 Å². The van der Waals surface area contributed by atoms with Gasteiger partial charge in [0, 0.05) is 0 Å². The molecule has 0 bridgehead atoms. The summed E-state index contributed by atoms with van der Waals surface area (Å²) in [5.74, 6) is 0. The molecule has 30 heavy (non-hydrogen) atoms. The third kappa shape index (κ3) is 9.51. The maximum absolute atomic E-state index is 7.34. The summed E-state index contributed by atoms with van der Waals surface area (Å²) >= 11 is 0. The molecule has 0 saturated carbocycles. The SMILES string of the molecule is CCC[Si]1(CCC)O[SiH2]O[SiH2]O[SiH2]O[Si](CCC)(CCC)O[Si](CCC)(CCC)O1. The molecule has 0 amide bonds. The highest BCUT2D eigenvalue weighted by molar-refractivity contribution is 6.88. The van der Waals surface area contributed by atoms with E-state index in [1.807, 2.05) is 0 Å². The van der Waals surface area contributed by atoms with Gasteiger partial charge in [0.25, 0.3) is 30.0 Å². The van der Waals surface area contributed by atoms with Crippen LogP contribution in [0, 0.1) is 0 Å². The van der Waals surface area contributed by atoms with Crippen molar-refractivity contribution < 1.29 is 24.7 Å². The normalized spacial score (nSPS) is 24.6. The summed E-state index contributed by atoms with van der Waals surface area (Å²) in [7, 11) is -10.3. The molecule has 0 atom stereocenters. The second kappa shape index (κ2) is 15.8. The van der Waals surface area contributed by atoms with E-state index < -0.39 is 55.7 Å². The third-order valence-corrected chi connectivity index (χ3v) is 26.8. The van der Waals surface area contributed by atoms with Crippen molar-refractivity contribution in [3.63, 3.8) is 0 Å². The summed E-state index contributed by atoms with van der Waals surface area (Å²) < 4.78 is 39.9. The van der Waals surface area contributed by atoms with Gasteiger partial charge in [0.05, 0.1) is 0 Å². The van der Waals surface area contributed by atoms with Gasteiger partial charge in [-0.2, -0.15) is 0 Å². The van der Waals surface area contributed by atoms with Gasteiger partial charge in [-0.1, -0.05) is 80.1 Å². The van der Waals surface area contributed by atoms with Crippen LogP contribution in [0.2, 0.25) is 36.3 Å². The second-order valence-corrected chi connectivity index (χ2v) is 24.9. The van der Waals surface area contributed by atoms with Crippen LogP contribution in [-0.4, -0.2) is 55.7 Å². The summed E-state index contributed by atoms with van der Waals surface area (Å²) in [5.41, 5.74) is 0. The fraction of sp³-hybridized carbons (Fsp3) is 1.00. The smallest absolute Gasteiger partial charge is 0.320 e. The molecule has 180 valence electrons. The fourth-order valence-corrected chi connectivity index (χ4v) is 28.9. The lowest BCUT2D eigenvalue weighted by atomic mass is 10.6. The molecule has 0 aromatic carbocycles. The van der Waals surface area contributed by atoms with Crippen LogP contribution < -0.4 is 0 Å². The molecular formula is C18H48O6Si6. The van der Waals surface area contributed by atoms with Crippen molar-refractivity contribution in [2.75, 3.05) is 0 Å². The van der Waals surface area contributed by atoms with E-state index in [0.717, 1.165) is 74.8 Å². The summed E-state index contributed by atoms with van der Waals surface area (Å²) in [6, 6.07) is 6.23. The van der Waals surface area contributed by atoms with Gasteiger partial charge in [-0.25, -0.2) is 0 Å². The molecule has 0 N–H and O–H groups in total. The molecule has 0 spiro atoms. The molecule has 1 fully saturated rings. The highest BCUT2D eigenvalue weighted by atomic mass is 28.5. The van der Waals surface area contributed by atoms with Gasteiger partial charge in [0.2, 0.25) is 0 Å². The average molecular weight is 529 g/mol. The molecular weight excluding hydrogens is 481 g/mol. The molecule has 0 unspecified atom stereocenters. The molecule has 1 saturated heterocycles. The van der Waals surface area contributed by atoms with Crippen LogP contribution in [0.15, 0.2) is 0 Å². The monoisotopic (exact) mass is 528 g/mol. The summed E-state index contributed by atoms with van der Waals surface area (Å²) in [4.78, 5) is 0. The van der Waals surface area contributed by atoms with Crippen molar-refractivity contribution in [1.29, 1.82) is 0 Å². The van der Waals surface area contributed by atoms with Crippen molar-refractivity contribution in [3.8, 4) is 0 Å². The zero-order valence-corrected chi connectivity index (χ0v) is 27.8. The Bertz CT molecular complexity index is 397. The van der Waals surface area contributed by atoms with E-state index in [2.05, 4.69) is 41.5 Å². The minimum atomic E-state index is -2.46.